The van der Waals surface area contributed by atoms with E-state index in [1.165, 1.54) is 18.3 Å². The molecule has 2 nitrogen and oxygen atoms in total. The van der Waals surface area contributed by atoms with Gasteiger partial charge in [-0.1, -0.05) is 6.07 Å². The van der Waals surface area contributed by atoms with Crippen LogP contribution in [-0.4, -0.2) is 11.4 Å². The van der Waals surface area contributed by atoms with Crippen molar-refractivity contribution >= 4 is 0 Å². The lowest BCUT2D eigenvalue weighted by molar-refractivity contribution is 0.114. The minimum atomic E-state index is -2.77. The Morgan fingerprint density at radius 3 is 2.58 bits per heavy atom. The van der Waals surface area contributed by atoms with Gasteiger partial charge in [0.2, 0.25) is 5.95 Å². The van der Waals surface area contributed by atoms with Crippen molar-refractivity contribution in [2.75, 3.05) is 0 Å². The number of aromatic nitrogens is 1. The van der Waals surface area contributed by atoms with E-state index in [0.717, 1.165) is 0 Å². The summed E-state index contributed by atoms with van der Waals surface area (Å²) < 4.78 is 36.6. The summed E-state index contributed by atoms with van der Waals surface area (Å²) in [5.74, 6) is -0.940. The molecule has 1 atom stereocenters. The van der Waals surface area contributed by atoms with E-state index in [-0.39, 0.29) is 5.56 Å². The molecule has 0 aliphatic heterocycles. The summed E-state index contributed by atoms with van der Waals surface area (Å²) in [5, 5.41) is 0. The monoisotopic (exact) mass is 176 g/mol. The zero-order valence-electron chi connectivity index (χ0n) is 6.05. The lowest BCUT2D eigenvalue weighted by Crippen LogP contribution is -2.20. The van der Waals surface area contributed by atoms with Crippen molar-refractivity contribution < 1.29 is 13.2 Å². The number of hydrogen-bond donors (Lipinski definition) is 1. The fourth-order valence-corrected chi connectivity index (χ4v) is 0.783. The number of halogens is 3. The van der Waals surface area contributed by atoms with E-state index in [1.807, 2.05) is 0 Å². The van der Waals surface area contributed by atoms with E-state index in [1.54, 1.807) is 0 Å². The maximum Gasteiger partial charge on any atom is 0.257 e. The maximum atomic E-state index is 12.7. The van der Waals surface area contributed by atoms with Gasteiger partial charge in [0.05, 0.1) is 6.04 Å². The van der Waals surface area contributed by atoms with E-state index >= 15 is 0 Å². The Labute approximate surface area is 67.2 Å². The lowest BCUT2D eigenvalue weighted by atomic mass is 10.1. The van der Waals surface area contributed by atoms with Gasteiger partial charge in [-0.2, -0.15) is 4.39 Å². The van der Waals surface area contributed by atoms with Crippen molar-refractivity contribution in [1.29, 1.82) is 0 Å². The van der Waals surface area contributed by atoms with Crippen molar-refractivity contribution in [1.82, 2.24) is 4.98 Å². The molecule has 1 aromatic heterocycles. The molecule has 0 saturated carbocycles. The molecule has 0 aromatic carbocycles. The number of nitrogens with zero attached hydrogens (tertiary/aromatic N) is 1. The first-order valence-corrected chi connectivity index (χ1v) is 3.27. The molecule has 1 rings (SSSR count). The van der Waals surface area contributed by atoms with Crippen LogP contribution in [0.15, 0.2) is 18.3 Å². The first kappa shape index (κ1) is 8.99. The summed E-state index contributed by atoms with van der Waals surface area (Å²) in [6.45, 7) is 0. The lowest BCUT2D eigenvalue weighted by Gasteiger charge is -2.09. The Bertz CT molecular complexity index is 265. The van der Waals surface area contributed by atoms with Crippen LogP contribution in [0.4, 0.5) is 13.2 Å². The van der Waals surface area contributed by atoms with Gasteiger partial charge in [-0.3, -0.25) is 0 Å². The van der Waals surface area contributed by atoms with Crippen LogP contribution in [0, 0.1) is 5.95 Å². The van der Waals surface area contributed by atoms with Gasteiger partial charge in [0.15, 0.2) is 0 Å². The molecule has 0 spiro atoms. The molecule has 0 bridgehead atoms. The predicted molar refractivity (Wildman–Crippen MR) is 37.1 cm³/mol. The minimum Gasteiger partial charge on any atom is -0.319 e. The topological polar surface area (TPSA) is 38.9 Å². The molecule has 1 unspecified atom stereocenters. The molecule has 1 aromatic rings. The molecule has 0 aliphatic carbocycles. The van der Waals surface area contributed by atoms with Gasteiger partial charge in [0.1, 0.15) is 0 Å². The first-order chi connectivity index (χ1) is 5.63. The van der Waals surface area contributed by atoms with E-state index in [4.69, 9.17) is 5.73 Å². The molecule has 66 valence electrons. The number of nitrogens with two attached hydrogens (primary N) is 1. The van der Waals surface area contributed by atoms with Crippen molar-refractivity contribution in [3.05, 3.63) is 29.8 Å². The minimum absolute atomic E-state index is 0.257. The average Bonchev–Trinajstić information content (AvgIpc) is 2.04. The van der Waals surface area contributed by atoms with Crippen LogP contribution < -0.4 is 5.73 Å². The largest absolute Gasteiger partial charge is 0.319 e. The summed E-state index contributed by atoms with van der Waals surface area (Å²) in [4.78, 5) is 3.20. The molecular formula is C7H7F3N2. The number of hydrogen-bond acceptors (Lipinski definition) is 2. The Balaban J connectivity index is 2.94. The van der Waals surface area contributed by atoms with E-state index in [0.29, 0.717) is 0 Å². The van der Waals surface area contributed by atoms with Gasteiger partial charge in [-0.15, -0.1) is 0 Å². The molecule has 0 aliphatic rings. The van der Waals surface area contributed by atoms with Crippen LogP contribution in [-0.2, 0) is 0 Å². The van der Waals surface area contributed by atoms with E-state index in [2.05, 4.69) is 4.98 Å². The zero-order valence-corrected chi connectivity index (χ0v) is 6.05. The third-order valence-corrected chi connectivity index (χ3v) is 1.42. The molecule has 0 amide bonds. The van der Waals surface area contributed by atoms with Crippen molar-refractivity contribution in [2.24, 2.45) is 5.73 Å². The molecule has 0 saturated heterocycles. The van der Waals surface area contributed by atoms with Gasteiger partial charge in [-0.05, 0) is 6.07 Å². The van der Waals surface area contributed by atoms with Gasteiger partial charge in [0, 0.05) is 11.8 Å². The van der Waals surface area contributed by atoms with Gasteiger partial charge in [-0.25, -0.2) is 13.8 Å². The van der Waals surface area contributed by atoms with Gasteiger partial charge in [0.25, 0.3) is 6.43 Å². The molecule has 2 N–H and O–H groups in total. The third kappa shape index (κ3) is 1.73. The predicted octanol–water partition coefficient (Wildman–Crippen LogP) is 1.49. The first-order valence-electron chi connectivity index (χ1n) is 3.27. The maximum absolute atomic E-state index is 12.7. The van der Waals surface area contributed by atoms with Crippen LogP contribution >= 0.6 is 0 Å². The molecule has 12 heavy (non-hydrogen) atoms. The van der Waals surface area contributed by atoms with E-state index < -0.39 is 18.4 Å². The van der Waals surface area contributed by atoms with Crippen LogP contribution in [0.3, 0.4) is 0 Å². The smallest absolute Gasteiger partial charge is 0.257 e. The second-order valence-corrected chi connectivity index (χ2v) is 2.24. The summed E-state index contributed by atoms with van der Waals surface area (Å²) in [5.41, 5.74) is 4.75. The summed E-state index contributed by atoms with van der Waals surface area (Å²) in [7, 11) is 0. The average molecular weight is 176 g/mol. The van der Waals surface area contributed by atoms with Crippen LogP contribution in [0.2, 0.25) is 0 Å². The normalized spacial score (nSPS) is 13.4. The SMILES string of the molecule is NC(c1cccnc1F)C(F)F. The second-order valence-electron chi connectivity index (χ2n) is 2.24. The molecule has 0 radical (unpaired) electrons. The van der Waals surface area contributed by atoms with Gasteiger partial charge < -0.3 is 5.73 Å². The van der Waals surface area contributed by atoms with Crippen molar-refractivity contribution in [2.45, 2.75) is 12.5 Å². The quantitative estimate of drug-likeness (QED) is 0.693. The highest BCUT2D eigenvalue weighted by atomic mass is 19.3. The summed E-state index contributed by atoms with van der Waals surface area (Å²) in [6.07, 6.45) is -1.60. The van der Waals surface area contributed by atoms with Crippen LogP contribution in [0.5, 0.6) is 0 Å². The molecule has 5 heteroatoms. The second kappa shape index (κ2) is 3.53. The third-order valence-electron chi connectivity index (χ3n) is 1.42. The molecule has 0 fully saturated rings. The Hall–Kier alpha value is -1.10. The summed E-state index contributed by atoms with van der Waals surface area (Å²) >= 11 is 0. The number of pyridine rings is 1. The Morgan fingerprint density at radius 1 is 1.42 bits per heavy atom. The van der Waals surface area contributed by atoms with Crippen LogP contribution in [0.25, 0.3) is 0 Å². The fraction of sp³-hybridized carbons (Fsp3) is 0.286. The highest BCUT2D eigenvalue weighted by molar-refractivity contribution is 5.15. The van der Waals surface area contributed by atoms with Crippen LogP contribution in [0.1, 0.15) is 11.6 Å². The standard InChI is InChI=1S/C7H7F3N2/c8-6(9)5(11)4-2-1-3-12-7(4)10/h1-3,5-6H,11H2. The van der Waals surface area contributed by atoms with Crippen molar-refractivity contribution in [3.63, 3.8) is 0 Å². The molecular weight excluding hydrogens is 169 g/mol. The Kier molecular flexibility index (Phi) is 2.65. The highest BCUT2D eigenvalue weighted by Crippen LogP contribution is 2.18. The Morgan fingerprint density at radius 2 is 2.08 bits per heavy atom. The van der Waals surface area contributed by atoms with Crippen molar-refractivity contribution in [3.8, 4) is 0 Å². The fourth-order valence-electron chi connectivity index (χ4n) is 0.783. The highest BCUT2D eigenvalue weighted by Gasteiger charge is 2.20. The molecule has 1 heterocycles. The summed E-state index contributed by atoms with van der Waals surface area (Å²) in [6, 6.07) is 0.957. The number of alkyl halides is 2. The number of rotatable bonds is 2. The van der Waals surface area contributed by atoms with E-state index in [9.17, 15) is 13.2 Å². The van der Waals surface area contributed by atoms with Gasteiger partial charge >= 0.3 is 0 Å². The zero-order chi connectivity index (χ0) is 9.14.